The third-order valence-electron chi connectivity index (χ3n) is 3.22. The summed E-state index contributed by atoms with van der Waals surface area (Å²) in [7, 11) is -3.60. The molecule has 0 bridgehead atoms. The zero-order valence-electron chi connectivity index (χ0n) is 13.1. The van der Waals surface area contributed by atoms with E-state index >= 15 is 0 Å². The highest BCUT2D eigenvalue weighted by Crippen LogP contribution is 2.21. The molecule has 1 unspecified atom stereocenters. The summed E-state index contributed by atoms with van der Waals surface area (Å²) < 4.78 is 32.5. The minimum atomic E-state index is -3.60. The number of hydrogen-bond donors (Lipinski definition) is 2. The van der Waals surface area contributed by atoms with Crippen molar-refractivity contribution in [3.63, 3.8) is 0 Å². The predicted octanol–water partition coefficient (Wildman–Crippen LogP) is 2.49. The van der Waals surface area contributed by atoms with Crippen LogP contribution < -0.4 is 10.0 Å². The van der Waals surface area contributed by atoms with Crippen LogP contribution in [0.1, 0.15) is 47.3 Å². The molecule has 2 N–H and O–H groups in total. The molecule has 6 heteroatoms. The topological polar surface area (TPSA) is 71.3 Å². The smallest absolute Gasteiger partial charge is 0.274 e. The maximum atomic E-state index is 12.2. The molecule has 0 aliphatic rings. The second kappa shape index (κ2) is 6.28. The van der Waals surface area contributed by atoms with Gasteiger partial charge in [0.05, 0.1) is 6.54 Å². The van der Waals surface area contributed by atoms with Crippen molar-refractivity contribution in [3.05, 3.63) is 17.9 Å². The molecule has 1 aromatic rings. The summed E-state index contributed by atoms with van der Waals surface area (Å²) in [6.45, 7) is 12.4. The molecule has 0 radical (unpaired) electrons. The minimum Gasteiger partial charge on any atom is -0.447 e. The first-order valence-electron chi connectivity index (χ1n) is 6.87. The van der Waals surface area contributed by atoms with Gasteiger partial charge in [-0.15, -0.1) is 0 Å². The van der Waals surface area contributed by atoms with Crippen LogP contribution in [0.2, 0.25) is 0 Å². The first-order valence-corrected chi connectivity index (χ1v) is 8.35. The third kappa shape index (κ3) is 4.92. The molecule has 0 amide bonds. The quantitative estimate of drug-likeness (QED) is 0.847. The highest BCUT2D eigenvalue weighted by Gasteiger charge is 2.27. The average molecular weight is 302 g/mol. The first kappa shape index (κ1) is 17.2. The first-order chi connectivity index (χ1) is 9.02. The Kier molecular flexibility index (Phi) is 5.40. The zero-order valence-corrected chi connectivity index (χ0v) is 14.0. The van der Waals surface area contributed by atoms with Gasteiger partial charge in [-0.1, -0.05) is 34.6 Å². The lowest BCUT2D eigenvalue weighted by molar-refractivity contribution is 0.313. The van der Waals surface area contributed by atoms with Crippen LogP contribution in [-0.4, -0.2) is 20.5 Å². The molecule has 0 saturated carbocycles. The average Bonchev–Trinajstić information content (AvgIpc) is 2.73. The standard InChI is InChI=1S/C14H26N2O3S/c1-10(2)15-9-12-7-8-13(19-12)20(17,18)16-11(3)14(4,5)6/h7-8,10-11,15-16H,9H2,1-6H3. The molecule has 0 fully saturated rings. The van der Waals surface area contributed by atoms with Gasteiger partial charge >= 0.3 is 0 Å². The lowest BCUT2D eigenvalue weighted by Crippen LogP contribution is -2.41. The maximum Gasteiger partial charge on any atom is 0.274 e. The Morgan fingerprint density at radius 1 is 1.20 bits per heavy atom. The predicted molar refractivity (Wildman–Crippen MR) is 79.9 cm³/mol. The van der Waals surface area contributed by atoms with E-state index in [9.17, 15) is 8.42 Å². The van der Waals surface area contributed by atoms with Crippen molar-refractivity contribution in [3.8, 4) is 0 Å². The lowest BCUT2D eigenvalue weighted by Gasteiger charge is -2.27. The minimum absolute atomic E-state index is 0.0332. The van der Waals surface area contributed by atoms with Gasteiger partial charge in [0, 0.05) is 12.1 Å². The van der Waals surface area contributed by atoms with Crippen molar-refractivity contribution in [1.82, 2.24) is 10.0 Å². The van der Waals surface area contributed by atoms with Gasteiger partial charge in [-0.2, -0.15) is 0 Å². The summed E-state index contributed by atoms with van der Waals surface area (Å²) in [5, 5.41) is 3.15. The second-order valence-corrected chi connectivity index (χ2v) is 8.11. The van der Waals surface area contributed by atoms with Crippen LogP contribution in [0.3, 0.4) is 0 Å². The molecule has 0 aliphatic carbocycles. The van der Waals surface area contributed by atoms with E-state index in [4.69, 9.17) is 4.42 Å². The molecule has 1 heterocycles. The van der Waals surface area contributed by atoms with Gasteiger partial charge in [0.1, 0.15) is 5.76 Å². The van der Waals surface area contributed by atoms with Gasteiger partial charge < -0.3 is 9.73 Å². The molecule has 116 valence electrons. The maximum absolute atomic E-state index is 12.2. The molecule has 20 heavy (non-hydrogen) atoms. The fraction of sp³-hybridized carbons (Fsp3) is 0.714. The Labute approximate surface area is 122 Å². The number of sulfonamides is 1. The van der Waals surface area contributed by atoms with E-state index in [1.807, 2.05) is 41.5 Å². The number of nitrogens with one attached hydrogen (secondary N) is 2. The van der Waals surface area contributed by atoms with Crippen LogP contribution >= 0.6 is 0 Å². The van der Waals surface area contributed by atoms with Crippen LogP contribution in [0.5, 0.6) is 0 Å². The van der Waals surface area contributed by atoms with Crippen LogP contribution in [0.4, 0.5) is 0 Å². The van der Waals surface area contributed by atoms with Crippen molar-refractivity contribution in [2.24, 2.45) is 5.41 Å². The SMILES string of the molecule is CC(C)NCc1ccc(S(=O)(=O)NC(C)C(C)(C)C)o1. The number of furan rings is 1. The van der Waals surface area contributed by atoms with Gasteiger partial charge in [-0.25, -0.2) is 13.1 Å². The fourth-order valence-electron chi connectivity index (χ4n) is 1.37. The van der Waals surface area contributed by atoms with Gasteiger partial charge in [0.2, 0.25) is 5.09 Å². The van der Waals surface area contributed by atoms with Gasteiger partial charge in [0.15, 0.2) is 0 Å². The van der Waals surface area contributed by atoms with Crippen LogP contribution in [0.25, 0.3) is 0 Å². The van der Waals surface area contributed by atoms with Crippen molar-refractivity contribution >= 4 is 10.0 Å². The summed E-state index contributed by atoms with van der Waals surface area (Å²) in [5.41, 5.74) is -0.151. The highest BCUT2D eigenvalue weighted by molar-refractivity contribution is 7.89. The van der Waals surface area contributed by atoms with Crippen molar-refractivity contribution < 1.29 is 12.8 Å². The Morgan fingerprint density at radius 2 is 1.80 bits per heavy atom. The summed E-state index contributed by atoms with van der Waals surface area (Å²) >= 11 is 0. The summed E-state index contributed by atoms with van der Waals surface area (Å²) in [6, 6.07) is 3.31. The van der Waals surface area contributed by atoms with E-state index in [0.717, 1.165) is 0 Å². The number of hydrogen-bond acceptors (Lipinski definition) is 4. The summed E-state index contributed by atoms with van der Waals surface area (Å²) in [4.78, 5) is 0. The van der Waals surface area contributed by atoms with Gasteiger partial charge in [-0.3, -0.25) is 0 Å². The normalized spacial score (nSPS) is 14.8. The van der Waals surface area contributed by atoms with E-state index in [2.05, 4.69) is 10.0 Å². The number of rotatable bonds is 6. The largest absolute Gasteiger partial charge is 0.447 e. The van der Waals surface area contributed by atoms with E-state index in [-0.39, 0.29) is 16.5 Å². The lowest BCUT2D eigenvalue weighted by atomic mass is 9.89. The second-order valence-electron chi connectivity index (χ2n) is 6.47. The Morgan fingerprint density at radius 3 is 2.30 bits per heavy atom. The van der Waals surface area contributed by atoms with Crippen LogP contribution in [0.15, 0.2) is 21.6 Å². The Hall–Kier alpha value is -0.850. The van der Waals surface area contributed by atoms with E-state index in [1.54, 1.807) is 6.07 Å². The zero-order chi connectivity index (χ0) is 15.6. The van der Waals surface area contributed by atoms with Gasteiger partial charge in [0.25, 0.3) is 10.0 Å². The molecule has 5 nitrogen and oxygen atoms in total. The molecule has 1 aromatic heterocycles. The van der Waals surface area contributed by atoms with Crippen molar-refractivity contribution in [2.75, 3.05) is 0 Å². The van der Waals surface area contributed by atoms with Gasteiger partial charge in [-0.05, 0) is 24.5 Å². The highest BCUT2D eigenvalue weighted by atomic mass is 32.2. The molecular formula is C14H26N2O3S. The molecule has 1 rings (SSSR count). The third-order valence-corrected chi connectivity index (χ3v) is 4.63. The van der Waals surface area contributed by atoms with Crippen molar-refractivity contribution in [1.29, 1.82) is 0 Å². The van der Waals surface area contributed by atoms with Crippen LogP contribution in [-0.2, 0) is 16.6 Å². The van der Waals surface area contributed by atoms with E-state index in [1.165, 1.54) is 6.07 Å². The molecule has 0 spiro atoms. The Balaban J connectivity index is 2.78. The molecule has 0 aromatic carbocycles. The monoisotopic (exact) mass is 302 g/mol. The summed E-state index contributed by atoms with van der Waals surface area (Å²) in [5.74, 6) is 0.613. The Bertz CT molecular complexity index is 527. The van der Waals surface area contributed by atoms with Crippen LogP contribution in [0, 0.1) is 5.41 Å². The molecule has 0 aliphatic heterocycles. The molecule has 0 saturated heterocycles. The summed E-state index contributed by atoms with van der Waals surface area (Å²) in [6.07, 6.45) is 0. The van der Waals surface area contributed by atoms with E-state index < -0.39 is 10.0 Å². The van der Waals surface area contributed by atoms with E-state index in [0.29, 0.717) is 18.3 Å². The van der Waals surface area contributed by atoms with Crippen molar-refractivity contribution in [2.45, 2.75) is 65.3 Å². The molecular weight excluding hydrogens is 276 g/mol. The fourth-order valence-corrected chi connectivity index (χ4v) is 2.77. The molecule has 1 atom stereocenters.